The highest BCUT2D eigenvalue weighted by molar-refractivity contribution is 5.67. The first kappa shape index (κ1) is 14.2. The fourth-order valence-corrected chi connectivity index (χ4v) is 0.722. The van der Waals surface area contributed by atoms with Crippen LogP contribution in [0.15, 0.2) is 0 Å². The Kier molecular flexibility index (Phi) is 6.66. The van der Waals surface area contributed by atoms with Crippen molar-refractivity contribution in [2.75, 3.05) is 13.2 Å². The first-order chi connectivity index (χ1) is 7.45. The molecule has 0 spiro atoms. The predicted octanol–water partition coefficient (Wildman–Crippen LogP) is 0.612. The molecular weight excluding hydrogens is 220 g/mol. The lowest BCUT2D eigenvalue weighted by Crippen LogP contribution is -2.29. The predicted molar refractivity (Wildman–Crippen MR) is 50.3 cm³/mol. The molecule has 0 aliphatic carbocycles. The molecule has 0 saturated heterocycles. The molecule has 0 rings (SSSR count). The van der Waals surface area contributed by atoms with Crippen molar-refractivity contribution in [2.45, 2.75) is 27.1 Å². The summed E-state index contributed by atoms with van der Waals surface area (Å²) in [5, 5.41) is 0. The SMILES string of the molecule is CCOC(=O)OC(COC(C)=O)OC(C)=O. The maximum absolute atomic E-state index is 10.9. The second-order valence-electron chi connectivity index (χ2n) is 2.64. The fraction of sp³-hybridized carbons (Fsp3) is 0.667. The van der Waals surface area contributed by atoms with Crippen molar-refractivity contribution in [1.29, 1.82) is 0 Å². The maximum Gasteiger partial charge on any atom is 0.511 e. The molecule has 0 fully saturated rings. The number of ether oxygens (including phenoxy) is 4. The molecule has 0 radical (unpaired) electrons. The van der Waals surface area contributed by atoms with Crippen molar-refractivity contribution in [3.05, 3.63) is 0 Å². The molecule has 0 N–H and O–H groups in total. The van der Waals surface area contributed by atoms with Crippen molar-refractivity contribution in [3.63, 3.8) is 0 Å². The Morgan fingerprint density at radius 1 is 1.00 bits per heavy atom. The first-order valence-electron chi connectivity index (χ1n) is 4.59. The van der Waals surface area contributed by atoms with Crippen LogP contribution in [0.1, 0.15) is 20.8 Å². The molecule has 92 valence electrons. The smallest absolute Gasteiger partial charge is 0.458 e. The Hall–Kier alpha value is -1.79. The van der Waals surface area contributed by atoms with Gasteiger partial charge in [-0.05, 0) is 6.92 Å². The molecule has 0 aromatic carbocycles. The summed E-state index contributed by atoms with van der Waals surface area (Å²) in [6.45, 7) is 3.66. The molecule has 0 amide bonds. The minimum absolute atomic E-state index is 0.124. The van der Waals surface area contributed by atoms with E-state index in [9.17, 15) is 14.4 Å². The van der Waals surface area contributed by atoms with Gasteiger partial charge in [-0.2, -0.15) is 0 Å². The van der Waals surface area contributed by atoms with E-state index in [2.05, 4.69) is 18.9 Å². The van der Waals surface area contributed by atoms with Gasteiger partial charge < -0.3 is 18.9 Å². The lowest BCUT2D eigenvalue weighted by Gasteiger charge is -2.16. The van der Waals surface area contributed by atoms with E-state index < -0.39 is 24.4 Å². The molecule has 0 aliphatic rings. The minimum Gasteiger partial charge on any atom is -0.458 e. The van der Waals surface area contributed by atoms with Crippen LogP contribution in [0.5, 0.6) is 0 Å². The summed E-state index contributed by atoms with van der Waals surface area (Å²) in [6, 6.07) is 0. The molecule has 1 atom stereocenters. The van der Waals surface area contributed by atoms with Gasteiger partial charge in [-0.3, -0.25) is 9.59 Å². The van der Waals surface area contributed by atoms with Crippen LogP contribution in [0, 0.1) is 0 Å². The molecule has 7 heteroatoms. The van der Waals surface area contributed by atoms with E-state index in [1.165, 1.54) is 6.92 Å². The maximum atomic E-state index is 10.9. The summed E-state index contributed by atoms with van der Waals surface area (Å²) in [4.78, 5) is 32.1. The number of rotatable bonds is 5. The lowest BCUT2D eigenvalue weighted by molar-refractivity contribution is -0.183. The van der Waals surface area contributed by atoms with Crippen LogP contribution >= 0.6 is 0 Å². The molecule has 7 nitrogen and oxygen atoms in total. The van der Waals surface area contributed by atoms with Crippen LogP contribution in [0.4, 0.5) is 4.79 Å². The molecule has 0 bridgehead atoms. The molecule has 16 heavy (non-hydrogen) atoms. The molecule has 0 aliphatic heterocycles. The minimum atomic E-state index is -1.29. The molecule has 0 aromatic rings. The van der Waals surface area contributed by atoms with Crippen LogP contribution in [0.3, 0.4) is 0 Å². The Morgan fingerprint density at radius 2 is 1.62 bits per heavy atom. The van der Waals surface area contributed by atoms with E-state index in [1.54, 1.807) is 6.92 Å². The van der Waals surface area contributed by atoms with E-state index in [0.717, 1.165) is 6.92 Å². The van der Waals surface area contributed by atoms with Gasteiger partial charge in [0.2, 0.25) is 0 Å². The van der Waals surface area contributed by atoms with Crippen molar-refractivity contribution < 1.29 is 33.3 Å². The molecule has 1 unspecified atom stereocenters. The number of carbonyl (C=O) groups is 3. The van der Waals surface area contributed by atoms with E-state index >= 15 is 0 Å². The average Bonchev–Trinajstić information content (AvgIpc) is 2.13. The van der Waals surface area contributed by atoms with Gasteiger partial charge in [0.15, 0.2) is 6.61 Å². The highest BCUT2D eigenvalue weighted by atomic mass is 16.8. The monoisotopic (exact) mass is 234 g/mol. The van der Waals surface area contributed by atoms with Crippen LogP contribution < -0.4 is 0 Å². The van der Waals surface area contributed by atoms with Gasteiger partial charge in [-0.25, -0.2) is 4.79 Å². The highest BCUT2D eigenvalue weighted by Gasteiger charge is 2.19. The number of carbonyl (C=O) groups excluding carboxylic acids is 3. The average molecular weight is 234 g/mol. The normalized spacial score (nSPS) is 11.2. The van der Waals surface area contributed by atoms with Gasteiger partial charge in [-0.15, -0.1) is 0 Å². The van der Waals surface area contributed by atoms with Crippen LogP contribution in [-0.2, 0) is 28.5 Å². The lowest BCUT2D eigenvalue weighted by atomic mass is 10.6. The van der Waals surface area contributed by atoms with Gasteiger partial charge in [0.1, 0.15) is 0 Å². The van der Waals surface area contributed by atoms with Crippen molar-refractivity contribution >= 4 is 18.1 Å². The van der Waals surface area contributed by atoms with Gasteiger partial charge in [-0.1, -0.05) is 0 Å². The zero-order valence-corrected chi connectivity index (χ0v) is 9.35. The van der Waals surface area contributed by atoms with Gasteiger partial charge >= 0.3 is 18.1 Å². The van der Waals surface area contributed by atoms with E-state index in [-0.39, 0.29) is 13.2 Å². The third-order valence-corrected chi connectivity index (χ3v) is 1.21. The Morgan fingerprint density at radius 3 is 2.06 bits per heavy atom. The first-order valence-corrected chi connectivity index (χ1v) is 4.59. The van der Waals surface area contributed by atoms with Crippen LogP contribution in [-0.4, -0.2) is 37.6 Å². The quantitative estimate of drug-likeness (QED) is 0.391. The molecular formula is C9H14O7. The standard InChI is InChI=1S/C9H14O7/c1-4-13-9(12)16-8(15-7(3)11)5-14-6(2)10/h8H,4-5H2,1-3H3. The van der Waals surface area contributed by atoms with Gasteiger partial charge in [0.05, 0.1) is 6.61 Å². The zero-order valence-electron chi connectivity index (χ0n) is 9.35. The molecule has 0 heterocycles. The summed E-state index contributed by atoms with van der Waals surface area (Å²) >= 11 is 0. The van der Waals surface area contributed by atoms with Crippen molar-refractivity contribution in [1.82, 2.24) is 0 Å². The van der Waals surface area contributed by atoms with Gasteiger partial charge in [0, 0.05) is 13.8 Å². The largest absolute Gasteiger partial charge is 0.511 e. The fourth-order valence-electron chi connectivity index (χ4n) is 0.722. The summed E-state index contributed by atoms with van der Waals surface area (Å²) in [6.07, 6.45) is -2.29. The van der Waals surface area contributed by atoms with E-state index in [4.69, 9.17) is 0 Å². The van der Waals surface area contributed by atoms with Gasteiger partial charge in [0.25, 0.3) is 6.29 Å². The van der Waals surface area contributed by atoms with Crippen LogP contribution in [0.25, 0.3) is 0 Å². The zero-order chi connectivity index (χ0) is 12.6. The summed E-state index contributed by atoms with van der Waals surface area (Å²) in [5.41, 5.74) is 0. The highest BCUT2D eigenvalue weighted by Crippen LogP contribution is 2.00. The second kappa shape index (κ2) is 7.49. The number of hydrogen-bond donors (Lipinski definition) is 0. The van der Waals surface area contributed by atoms with Crippen molar-refractivity contribution in [2.24, 2.45) is 0 Å². The Labute approximate surface area is 92.6 Å². The van der Waals surface area contributed by atoms with Crippen molar-refractivity contribution in [3.8, 4) is 0 Å². The molecule has 0 saturated carbocycles. The number of hydrogen-bond acceptors (Lipinski definition) is 7. The summed E-state index contributed by atoms with van der Waals surface area (Å²) in [7, 11) is 0. The molecule has 0 aromatic heterocycles. The topological polar surface area (TPSA) is 88.1 Å². The third-order valence-electron chi connectivity index (χ3n) is 1.21. The summed E-state index contributed by atoms with van der Waals surface area (Å²) < 4.78 is 18.2. The van der Waals surface area contributed by atoms with E-state index in [0.29, 0.717) is 0 Å². The second-order valence-corrected chi connectivity index (χ2v) is 2.64. The van der Waals surface area contributed by atoms with E-state index in [1.807, 2.05) is 0 Å². The van der Waals surface area contributed by atoms with Crippen LogP contribution in [0.2, 0.25) is 0 Å². The summed E-state index contributed by atoms with van der Waals surface area (Å²) in [5.74, 6) is -1.24. The number of esters is 2. The Balaban J connectivity index is 4.13. The third kappa shape index (κ3) is 7.60. The Bertz CT molecular complexity index is 261.